The third kappa shape index (κ3) is 4.98. The minimum atomic E-state index is -5.49. The summed E-state index contributed by atoms with van der Waals surface area (Å²) in [4.78, 5) is 0. The van der Waals surface area contributed by atoms with Crippen molar-refractivity contribution in [3.63, 3.8) is 0 Å². The maximum Gasteiger partial charge on any atom is 0.423 e. The van der Waals surface area contributed by atoms with Crippen LogP contribution in [0.1, 0.15) is 41.0 Å². The van der Waals surface area contributed by atoms with Gasteiger partial charge in [0.15, 0.2) is 0 Å². The van der Waals surface area contributed by atoms with E-state index in [1.807, 2.05) is 20.8 Å². The van der Waals surface area contributed by atoms with Gasteiger partial charge in [0.2, 0.25) is 6.10 Å². The molecule has 1 saturated heterocycles. The Hall–Kier alpha value is -0.500. The molecule has 3 unspecified atom stereocenters. The van der Waals surface area contributed by atoms with Gasteiger partial charge in [0.05, 0.1) is 12.7 Å². The van der Waals surface area contributed by atoms with Crippen LogP contribution in [-0.4, -0.2) is 37.3 Å². The van der Waals surface area contributed by atoms with Crippen LogP contribution in [-0.2, 0) is 9.47 Å². The zero-order chi connectivity index (χ0) is 18.2. The van der Waals surface area contributed by atoms with Gasteiger partial charge in [-0.2, -0.15) is 26.3 Å². The van der Waals surface area contributed by atoms with E-state index in [0.717, 1.165) is 6.42 Å². The molecule has 0 aromatic carbocycles. The standard InChI is InChI=1S/C15H24F6O2/c1-8(2)6-9(3)13(4,5)11-10(7-22-11)23-12(14(16,17)18)15(19,20)21/h8-12H,6-7H2,1-5H3. The number of alkyl halides is 6. The van der Waals surface area contributed by atoms with E-state index < -0.39 is 36.1 Å². The van der Waals surface area contributed by atoms with E-state index in [-0.39, 0.29) is 12.5 Å². The van der Waals surface area contributed by atoms with Gasteiger partial charge in [-0.3, -0.25) is 0 Å². The lowest BCUT2D eigenvalue weighted by Crippen LogP contribution is -2.60. The second-order valence-electron chi connectivity index (χ2n) is 7.24. The van der Waals surface area contributed by atoms with Crippen molar-refractivity contribution in [2.75, 3.05) is 6.61 Å². The van der Waals surface area contributed by atoms with Crippen LogP contribution in [0.15, 0.2) is 0 Å². The lowest BCUT2D eigenvalue weighted by molar-refractivity contribution is -0.361. The predicted molar refractivity (Wildman–Crippen MR) is 72.9 cm³/mol. The Morgan fingerprint density at radius 1 is 1.00 bits per heavy atom. The van der Waals surface area contributed by atoms with Crippen molar-refractivity contribution in [2.45, 2.75) is 71.7 Å². The maximum atomic E-state index is 12.6. The summed E-state index contributed by atoms with van der Waals surface area (Å²) in [5.41, 5.74) is -0.588. The minimum Gasteiger partial charge on any atom is -0.372 e. The predicted octanol–water partition coefficient (Wildman–Crippen LogP) is 4.97. The molecule has 0 spiro atoms. The van der Waals surface area contributed by atoms with Gasteiger partial charge in [-0.15, -0.1) is 0 Å². The minimum absolute atomic E-state index is 0.0640. The van der Waals surface area contributed by atoms with Crippen LogP contribution in [0.25, 0.3) is 0 Å². The van der Waals surface area contributed by atoms with Gasteiger partial charge in [0, 0.05) is 0 Å². The van der Waals surface area contributed by atoms with Gasteiger partial charge >= 0.3 is 12.4 Å². The van der Waals surface area contributed by atoms with E-state index >= 15 is 0 Å². The molecule has 0 amide bonds. The first-order valence-corrected chi connectivity index (χ1v) is 7.57. The molecule has 1 heterocycles. The SMILES string of the molecule is CC(C)CC(C)C(C)(C)C1OCC1OC(C(F)(F)F)C(F)(F)F. The van der Waals surface area contributed by atoms with Crippen LogP contribution < -0.4 is 0 Å². The normalized spacial score (nSPS) is 24.9. The van der Waals surface area contributed by atoms with E-state index in [2.05, 4.69) is 4.74 Å². The fourth-order valence-electron chi connectivity index (χ4n) is 2.88. The van der Waals surface area contributed by atoms with Crippen LogP contribution in [0.4, 0.5) is 26.3 Å². The van der Waals surface area contributed by atoms with Gasteiger partial charge in [0.1, 0.15) is 6.10 Å². The van der Waals surface area contributed by atoms with Gasteiger partial charge in [-0.1, -0.05) is 34.6 Å². The summed E-state index contributed by atoms with van der Waals surface area (Å²) in [5, 5.41) is 0. The monoisotopic (exact) mass is 350 g/mol. The van der Waals surface area contributed by atoms with E-state index in [9.17, 15) is 26.3 Å². The van der Waals surface area contributed by atoms with Crippen molar-refractivity contribution in [1.29, 1.82) is 0 Å². The number of hydrogen-bond donors (Lipinski definition) is 0. The number of ether oxygens (including phenoxy) is 2. The quantitative estimate of drug-likeness (QED) is 0.630. The molecule has 0 saturated carbocycles. The van der Waals surface area contributed by atoms with Gasteiger partial charge in [-0.05, 0) is 23.7 Å². The topological polar surface area (TPSA) is 18.5 Å². The van der Waals surface area contributed by atoms with Crippen LogP contribution in [0, 0.1) is 17.3 Å². The van der Waals surface area contributed by atoms with Crippen LogP contribution in [0.3, 0.4) is 0 Å². The number of hydrogen-bond acceptors (Lipinski definition) is 2. The lowest BCUT2D eigenvalue weighted by atomic mass is 9.69. The van der Waals surface area contributed by atoms with Crippen molar-refractivity contribution in [1.82, 2.24) is 0 Å². The van der Waals surface area contributed by atoms with Crippen molar-refractivity contribution in [3.05, 3.63) is 0 Å². The van der Waals surface area contributed by atoms with E-state index in [4.69, 9.17) is 4.74 Å². The van der Waals surface area contributed by atoms with Crippen molar-refractivity contribution < 1.29 is 35.8 Å². The molecule has 0 aromatic heterocycles. The summed E-state index contributed by atoms with van der Waals surface area (Å²) in [6.07, 6.45) is -16.0. The molecule has 23 heavy (non-hydrogen) atoms. The second-order valence-corrected chi connectivity index (χ2v) is 7.24. The van der Waals surface area contributed by atoms with E-state index in [1.165, 1.54) is 0 Å². The molecule has 0 aromatic rings. The van der Waals surface area contributed by atoms with Gasteiger partial charge in [-0.25, -0.2) is 0 Å². The Balaban J connectivity index is 2.83. The molecule has 0 radical (unpaired) electrons. The average Bonchev–Trinajstić information content (AvgIpc) is 2.21. The molecule has 0 N–H and O–H groups in total. The summed E-state index contributed by atoms with van der Waals surface area (Å²) < 4.78 is 85.3. The molecule has 1 rings (SSSR count). The first-order chi connectivity index (χ1) is 10.2. The third-order valence-electron chi connectivity index (χ3n) is 4.51. The molecule has 1 fully saturated rings. The molecule has 0 aliphatic carbocycles. The first-order valence-electron chi connectivity index (χ1n) is 7.57. The molecular formula is C15H24F6O2. The second kappa shape index (κ2) is 6.78. The Morgan fingerprint density at radius 2 is 1.48 bits per heavy atom. The summed E-state index contributed by atoms with van der Waals surface area (Å²) in [5.74, 6) is 0.427. The number of rotatable bonds is 6. The highest BCUT2D eigenvalue weighted by atomic mass is 19.4. The largest absolute Gasteiger partial charge is 0.423 e. The summed E-state index contributed by atoms with van der Waals surface area (Å²) in [7, 11) is 0. The molecule has 1 aliphatic rings. The molecular weight excluding hydrogens is 326 g/mol. The van der Waals surface area contributed by atoms with Crippen molar-refractivity contribution in [3.8, 4) is 0 Å². The Labute approximate surface area is 132 Å². The van der Waals surface area contributed by atoms with Crippen LogP contribution in [0.2, 0.25) is 0 Å². The molecule has 138 valence electrons. The summed E-state index contributed by atoms with van der Waals surface area (Å²) in [6, 6.07) is 0. The zero-order valence-corrected chi connectivity index (χ0v) is 13.9. The van der Waals surface area contributed by atoms with Gasteiger partial charge < -0.3 is 9.47 Å². The zero-order valence-electron chi connectivity index (χ0n) is 13.9. The third-order valence-corrected chi connectivity index (χ3v) is 4.51. The Kier molecular flexibility index (Phi) is 6.06. The van der Waals surface area contributed by atoms with Crippen LogP contribution >= 0.6 is 0 Å². The summed E-state index contributed by atoms with van der Waals surface area (Å²) >= 11 is 0. The fourth-order valence-corrected chi connectivity index (χ4v) is 2.88. The number of halogens is 6. The Morgan fingerprint density at radius 3 is 1.78 bits per heavy atom. The highest BCUT2D eigenvalue weighted by Crippen LogP contribution is 2.44. The van der Waals surface area contributed by atoms with Crippen molar-refractivity contribution >= 4 is 0 Å². The molecule has 8 heteroatoms. The van der Waals surface area contributed by atoms with E-state index in [1.54, 1.807) is 13.8 Å². The summed E-state index contributed by atoms with van der Waals surface area (Å²) in [6.45, 7) is 9.25. The molecule has 1 aliphatic heterocycles. The van der Waals surface area contributed by atoms with Crippen molar-refractivity contribution in [2.24, 2.45) is 17.3 Å². The highest BCUT2D eigenvalue weighted by molar-refractivity contribution is 4.96. The fraction of sp³-hybridized carbons (Fsp3) is 1.00. The Bertz CT molecular complexity index is 374. The maximum absolute atomic E-state index is 12.6. The molecule has 3 atom stereocenters. The average molecular weight is 350 g/mol. The smallest absolute Gasteiger partial charge is 0.372 e. The highest BCUT2D eigenvalue weighted by Gasteiger charge is 2.61. The van der Waals surface area contributed by atoms with Gasteiger partial charge in [0.25, 0.3) is 0 Å². The van der Waals surface area contributed by atoms with E-state index in [0.29, 0.717) is 5.92 Å². The lowest BCUT2D eigenvalue weighted by Gasteiger charge is -2.50. The molecule has 2 nitrogen and oxygen atoms in total. The first kappa shape index (κ1) is 20.5. The molecule has 0 bridgehead atoms. The van der Waals surface area contributed by atoms with Crippen LogP contribution in [0.5, 0.6) is 0 Å².